The molecule has 6 N–H and O–H groups in total. The molecule has 12 aromatic carbocycles. The molecule has 0 fully saturated rings. The van der Waals surface area contributed by atoms with E-state index in [0.717, 1.165) is 67.3 Å². The molecule has 0 saturated carbocycles. The molecule has 22 heteroatoms. The molecule has 0 spiro atoms. The van der Waals surface area contributed by atoms with E-state index in [1.165, 1.54) is 64.7 Å². The van der Waals surface area contributed by atoms with Crippen LogP contribution in [0.4, 0.5) is 60.5 Å². The maximum Gasteiger partial charge on any atom is 0.261 e. The van der Waals surface area contributed by atoms with Crippen molar-refractivity contribution in [3.63, 3.8) is 0 Å². The molecule has 6 amide bonds. The molecule has 0 bridgehead atoms. The fourth-order valence-electron chi connectivity index (χ4n) is 12.0. The number of rotatable bonds is 18. The van der Waals surface area contributed by atoms with Crippen LogP contribution < -0.4 is 31.9 Å². The van der Waals surface area contributed by atoms with Gasteiger partial charge in [-0.05, 0) is 253 Å². The van der Waals surface area contributed by atoms with Crippen molar-refractivity contribution < 1.29 is 55.1 Å². The van der Waals surface area contributed by atoms with E-state index in [1.54, 1.807) is 42.5 Å². The average molecular weight is 1740 g/mol. The number of amides is 6. The Balaban J connectivity index is 0.000000202. The zero-order valence-corrected chi connectivity index (χ0v) is 73.8. The van der Waals surface area contributed by atoms with Crippen LogP contribution in [-0.4, -0.2) is 35.4 Å². The van der Waals surface area contributed by atoms with Crippen LogP contribution >= 0.6 is 46.4 Å². The Kier molecular flexibility index (Phi) is 36.9. The lowest BCUT2D eigenvalue weighted by Gasteiger charge is -2.12. The second kappa shape index (κ2) is 46.3. The molecule has 0 heterocycles. The summed E-state index contributed by atoms with van der Waals surface area (Å²) in [6.07, 6.45) is 0. The highest BCUT2D eigenvalue weighted by Gasteiger charge is 2.30. The summed E-state index contributed by atoms with van der Waals surface area (Å²) in [4.78, 5) is 73.0. The third kappa shape index (κ3) is 29.0. The molecular weight excluding hydrogens is 1640 g/mol. The van der Waals surface area contributed by atoms with Crippen LogP contribution in [0.3, 0.4) is 0 Å². The average Bonchev–Trinajstić information content (AvgIpc) is 0.785. The summed E-state index contributed by atoms with van der Waals surface area (Å²) in [6.45, 7) is 32.9. The van der Waals surface area contributed by atoms with Crippen LogP contribution in [0.5, 0.6) is 0 Å². The molecule has 0 radical (unpaired) electrons. The Bertz CT molecular complexity index is 5490. The summed E-state index contributed by atoms with van der Waals surface area (Å²) in [5.74, 6) is -11.3. The molecule has 0 atom stereocenters. The highest BCUT2D eigenvalue weighted by molar-refractivity contribution is 6.42. The number of aryl methyl sites for hydroxylation is 4. The number of carbonyl (C=O) groups is 6. The number of anilines is 6. The molecular formula is C100H100Cl4F6N6O6. The predicted molar refractivity (Wildman–Crippen MR) is 488 cm³/mol. The van der Waals surface area contributed by atoms with E-state index in [4.69, 9.17) is 46.4 Å². The Labute approximate surface area is 731 Å². The smallest absolute Gasteiger partial charge is 0.261 e. The van der Waals surface area contributed by atoms with E-state index in [0.29, 0.717) is 56.4 Å². The molecule has 636 valence electrons. The second-order valence-electron chi connectivity index (χ2n) is 30.7. The lowest BCUT2D eigenvalue weighted by Crippen LogP contribution is -2.19. The zero-order chi connectivity index (χ0) is 89.9. The van der Waals surface area contributed by atoms with Gasteiger partial charge in [-0.1, -0.05) is 238 Å². The van der Waals surface area contributed by atoms with Gasteiger partial charge in [0.15, 0.2) is 23.3 Å². The molecule has 12 rings (SSSR count). The number of hydrogen-bond donors (Lipinski definition) is 6. The van der Waals surface area contributed by atoms with E-state index < -0.39 is 40.6 Å². The minimum Gasteiger partial charge on any atom is -0.322 e. The number of benzene rings is 12. The van der Waals surface area contributed by atoms with Gasteiger partial charge in [0.2, 0.25) is 5.82 Å². The highest BCUT2D eigenvalue weighted by Crippen LogP contribution is 2.33. The van der Waals surface area contributed by atoms with Crippen molar-refractivity contribution in [2.24, 2.45) is 0 Å². The molecule has 12 aromatic rings. The maximum absolute atomic E-state index is 13.6. The highest BCUT2D eigenvalue weighted by atomic mass is 35.5. The van der Waals surface area contributed by atoms with Gasteiger partial charge in [-0.15, -0.1) is 0 Å². The van der Waals surface area contributed by atoms with Crippen LogP contribution in [-0.2, 0) is 0 Å². The first-order valence-corrected chi connectivity index (χ1v) is 41.0. The molecule has 0 aromatic heterocycles. The Morgan fingerprint density at radius 2 is 0.525 bits per heavy atom. The van der Waals surface area contributed by atoms with Crippen molar-refractivity contribution in [3.8, 4) is 0 Å². The SMILES string of the molecule is CC(C)c1cccc(NC(=O)c2c(Cl)cc(Cl)cc2Cl)c1.CC(C)c1cccc(NC(=O)c2c(F)c(F)c(F)c(F)c2F)c1.CC(C)c1cccc(NC(=O)c2ccc(Cl)cc2)c1.CC(C)c1cccc(NC(=O)c2ccc(F)cc2)c1.Cc1ccc(C(=O)Nc2cccc(C(C)C)c2)c(C)c1.Cc1cccc(C)c1C(=O)Nc1cccc(C(C)C)c1. The normalized spacial score (nSPS) is 10.7. The molecule has 0 aliphatic rings. The molecule has 12 nitrogen and oxygen atoms in total. The molecule has 0 aliphatic heterocycles. The molecule has 0 saturated heterocycles. The number of carbonyl (C=O) groups excluding carboxylic acids is 6. The minimum atomic E-state index is -2.31. The van der Waals surface area contributed by atoms with Crippen LogP contribution in [0.15, 0.2) is 243 Å². The summed E-state index contributed by atoms with van der Waals surface area (Å²) < 4.78 is 79.2. The van der Waals surface area contributed by atoms with Gasteiger partial charge in [-0.25, -0.2) is 26.3 Å². The summed E-state index contributed by atoms with van der Waals surface area (Å²) >= 11 is 23.7. The number of halogens is 10. The van der Waals surface area contributed by atoms with E-state index in [1.807, 2.05) is 181 Å². The van der Waals surface area contributed by atoms with Crippen LogP contribution in [0.25, 0.3) is 0 Å². The monoisotopic (exact) mass is 1730 g/mol. The summed E-state index contributed by atoms with van der Waals surface area (Å²) in [6, 6.07) is 72.8. The van der Waals surface area contributed by atoms with Gasteiger partial charge < -0.3 is 31.9 Å². The Morgan fingerprint density at radius 3 is 0.836 bits per heavy atom. The van der Waals surface area contributed by atoms with Crippen molar-refractivity contribution >= 4 is 116 Å². The van der Waals surface area contributed by atoms with E-state index in [-0.39, 0.29) is 62.6 Å². The van der Waals surface area contributed by atoms with Crippen molar-refractivity contribution in [2.45, 2.75) is 146 Å². The van der Waals surface area contributed by atoms with Crippen molar-refractivity contribution in [1.82, 2.24) is 0 Å². The first-order valence-electron chi connectivity index (χ1n) is 39.5. The number of hydrogen-bond acceptors (Lipinski definition) is 6. The van der Waals surface area contributed by atoms with E-state index in [2.05, 4.69) is 119 Å². The lowest BCUT2D eigenvalue weighted by atomic mass is 10.0. The van der Waals surface area contributed by atoms with Gasteiger partial charge in [0.1, 0.15) is 11.4 Å². The largest absolute Gasteiger partial charge is 0.322 e. The van der Waals surface area contributed by atoms with Crippen molar-refractivity contribution in [3.05, 3.63) is 387 Å². The van der Waals surface area contributed by atoms with Crippen LogP contribution in [0, 0.1) is 62.6 Å². The van der Waals surface area contributed by atoms with Gasteiger partial charge in [0.25, 0.3) is 35.4 Å². The quantitative estimate of drug-likeness (QED) is 0.0283. The van der Waals surface area contributed by atoms with E-state index >= 15 is 0 Å². The first-order chi connectivity index (χ1) is 57.7. The molecule has 0 unspecified atom stereocenters. The van der Waals surface area contributed by atoms with E-state index in [9.17, 15) is 55.1 Å². The van der Waals surface area contributed by atoms with Gasteiger partial charge in [0.05, 0.1) is 15.6 Å². The van der Waals surface area contributed by atoms with Gasteiger partial charge >= 0.3 is 0 Å². The lowest BCUT2D eigenvalue weighted by molar-refractivity contribution is 0.100. The molecule has 122 heavy (non-hydrogen) atoms. The first kappa shape index (κ1) is 97.3. The fourth-order valence-corrected chi connectivity index (χ4v) is 13.2. The van der Waals surface area contributed by atoms with Crippen LogP contribution in [0.2, 0.25) is 20.1 Å². The van der Waals surface area contributed by atoms with Crippen molar-refractivity contribution in [2.75, 3.05) is 31.9 Å². The predicted octanol–water partition coefficient (Wildman–Crippen LogP) is 29.1. The fraction of sp³-hybridized carbons (Fsp3) is 0.220. The zero-order valence-electron chi connectivity index (χ0n) is 70.8. The van der Waals surface area contributed by atoms with Gasteiger partial charge in [-0.3, -0.25) is 28.8 Å². The second-order valence-corrected chi connectivity index (χ2v) is 32.4. The van der Waals surface area contributed by atoms with Gasteiger partial charge in [-0.2, -0.15) is 0 Å². The number of nitrogens with one attached hydrogen (secondary N) is 6. The maximum atomic E-state index is 13.6. The molecule has 0 aliphatic carbocycles. The standard InChI is InChI=1S/2C18H21NO.C16H14Cl3NO.C16H16ClNO.C16H12F5NO.C16H16FNO/c1-12(2)15-9-6-10-16(11-15)19-18(20)17-13(3)7-5-8-14(17)4;1-12(2)15-6-5-7-16(11-15)19-18(20)17-9-8-13(3)10-14(17)4;1-9(2)10-4-3-5-12(6-10)20-16(21)15-13(18)7-11(17)8-14(15)19;1-11(2)13-4-3-5-15(10-13)18-16(19)12-6-8-14(17)9-7-12;1-7(2)8-4-3-5-9(6-8)22-16(23)10-11(17)13(19)15(21)14(20)12(10)18;1-11(2)13-4-3-5-15(10-13)18-16(19)12-6-8-14(17)9-7-12/h2*5-12H,1-4H3,(H,19,20);3-9H,1-2H3,(H,20,21);3-11H,1-2H3,(H,18,19);3-7H,1-2H3,(H,22,23);3-11H,1-2H3,(H,18,19). The summed E-state index contributed by atoms with van der Waals surface area (Å²) in [5, 5.41) is 18.1. The summed E-state index contributed by atoms with van der Waals surface area (Å²) in [7, 11) is 0. The third-order valence-electron chi connectivity index (χ3n) is 19.1. The summed E-state index contributed by atoms with van der Waals surface area (Å²) in [5.41, 5.74) is 16.3. The minimum absolute atomic E-state index is 0.0403. The van der Waals surface area contributed by atoms with Crippen molar-refractivity contribution in [1.29, 1.82) is 0 Å². The topological polar surface area (TPSA) is 175 Å². The third-order valence-corrected chi connectivity index (χ3v) is 20.2. The Morgan fingerprint density at radius 1 is 0.254 bits per heavy atom. The van der Waals surface area contributed by atoms with Crippen LogP contribution in [0.1, 0.15) is 236 Å². The van der Waals surface area contributed by atoms with Gasteiger partial charge in [0, 0.05) is 66.4 Å². The Hall–Kier alpha value is -11.8.